The van der Waals surface area contributed by atoms with Gasteiger partial charge in [-0.3, -0.25) is 0 Å². The van der Waals surface area contributed by atoms with Gasteiger partial charge in [-0.2, -0.15) is 0 Å². The van der Waals surface area contributed by atoms with E-state index < -0.39 is 6.10 Å². The fourth-order valence-electron chi connectivity index (χ4n) is 2.15. The number of aliphatic hydroxyl groups excluding tert-OH is 1. The van der Waals surface area contributed by atoms with Crippen molar-refractivity contribution in [3.05, 3.63) is 67.8 Å². The van der Waals surface area contributed by atoms with Crippen LogP contribution in [0.15, 0.2) is 53.0 Å². The van der Waals surface area contributed by atoms with Crippen molar-refractivity contribution >= 4 is 49.6 Å². The number of rotatable bonds is 2. The van der Waals surface area contributed by atoms with E-state index in [0.717, 1.165) is 25.7 Å². The van der Waals surface area contributed by atoms with E-state index >= 15 is 0 Å². The first-order valence-corrected chi connectivity index (χ1v) is 7.76. The van der Waals surface area contributed by atoms with Crippen LogP contribution in [0.25, 0.3) is 10.8 Å². The molecule has 0 amide bonds. The van der Waals surface area contributed by atoms with E-state index in [1.807, 2.05) is 48.5 Å². The minimum absolute atomic E-state index is 0.643. The molecule has 0 saturated heterocycles. The van der Waals surface area contributed by atoms with Crippen LogP contribution in [0.5, 0.6) is 0 Å². The quantitative estimate of drug-likeness (QED) is 0.654. The fourth-order valence-corrected chi connectivity index (χ4v) is 3.70. The van der Waals surface area contributed by atoms with Crippen LogP contribution in [0.4, 0.5) is 0 Å². The highest BCUT2D eigenvalue weighted by molar-refractivity contribution is 9.10. The lowest BCUT2D eigenvalue weighted by molar-refractivity contribution is 0.226. The SMILES string of the molecule is OC(c1ccc(Cl)s1)c1ccc(Br)c2ccccc12. The zero-order chi connectivity index (χ0) is 13.4. The van der Waals surface area contributed by atoms with Crippen molar-refractivity contribution in [1.82, 2.24) is 0 Å². The Kier molecular flexibility index (Phi) is 3.63. The molecule has 1 aromatic heterocycles. The van der Waals surface area contributed by atoms with E-state index in [-0.39, 0.29) is 0 Å². The highest BCUT2D eigenvalue weighted by Crippen LogP contribution is 2.36. The van der Waals surface area contributed by atoms with E-state index in [4.69, 9.17) is 11.6 Å². The molecule has 96 valence electrons. The number of thiophene rings is 1. The molecule has 0 spiro atoms. The van der Waals surface area contributed by atoms with Gasteiger partial charge in [0.15, 0.2) is 0 Å². The summed E-state index contributed by atoms with van der Waals surface area (Å²) in [5, 5.41) is 12.7. The average Bonchev–Trinajstić information content (AvgIpc) is 2.86. The zero-order valence-electron chi connectivity index (χ0n) is 9.81. The van der Waals surface area contributed by atoms with Crippen molar-refractivity contribution in [2.45, 2.75) is 6.10 Å². The maximum absolute atomic E-state index is 10.5. The van der Waals surface area contributed by atoms with Gasteiger partial charge < -0.3 is 5.11 Å². The van der Waals surface area contributed by atoms with E-state index in [2.05, 4.69) is 15.9 Å². The minimum atomic E-state index is -0.643. The van der Waals surface area contributed by atoms with Crippen LogP contribution in [-0.2, 0) is 0 Å². The number of benzene rings is 2. The molecule has 19 heavy (non-hydrogen) atoms. The normalized spacial score (nSPS) is 12.8. The molecule has 0 bridgehead atoms. The summed E-state index contributed by atoms with van der Waals surface area (Å²) < 4.78 is 1.72. The highest BCUT2D eigenvalue weighted by Gasteiger charge is 2.16. The van der Waals surface area contributed by atoms with E-state index in [9.17, 15) is 5.11 Å². The van der Waals surface area contributed by atoms with Gasteiger partial charge in [-0.25, -0.2) is 0 Å². The third-order valence-electron chi connectivity index (χ3n) is 3.06. The Morgan fingerprint density at radius 3 is 2.42 bits per heavy atom. The summed E-state index contributed by atoms with van der Waals surface area (Å²) in [5.74, 6) is 0. The minimum Gasteiger partial charge on any atom is -0.383 e. The Labute approximate surface area is 128 Å². The Morgan fingerprint density at radius 1 is 1.00 bits per heavy atom. The Balaban J connectivity index is 2.18. The van der Waals surface area contributed by atoms with Gasteiger partial charge in [0.2, 0.25) is 0 Å². The monoisotopic (exact) mass is 352 g/mol. The van der Waals surface area contributed by atoms with Gasteiger partial charge in [-0.1, -0.05) is 57.9 Å². The Bertz CT molecular complexity index is 738. The average molecular weight is 354 g/mol. The number of halogens is 2. The lowest BCUT2D eigenvalue weighted by Crippen LogP contribution is -1.98. The van der Waals surface area contributed by atoms with Crippen LogP contribution < -0.4 is 0 Å². The molecular formula is C15H10BrClOS. The van der Waals surface area contributed by atoms with Crippen molar-refractivity contribution in [3.8, 4) is 0 Å². The predicted octanol–water partition coefficient (Wildman–Crippen LogP) is 5.40. The van der Waals surface area contributed by atoms with Gasteiger partial charge in [-0.05, 0) is 34.5 Å². The molecule has 3 aromatic rings. The third-order valence-corrected chi connectivity index (χ3v) is 5.04. The van der Waals surface area contributed by atoms with Gasteiger partial charge >= 0.3 is 0 Å². The molecular weight excluding hydrogens is 344 g/mol. The summed E-state index contributed by atoms with van der Waals surface area (Å²) in [6, 6.07) is 15.6. The number of hydrogen-bond acceptors (Lipinski definition) is 2. The van der Waals surface area contributed by atoms with Gasteiger partial charge in [0, 0.05) is 9.35 Å². The second-order valence-electron chi connectivity index (χ2n) is 4.23. The molecule has 1 nitrogen and oxygen atoms in total. The topological polar surface area (TPSA) is 20.2 Å². The zero-order valence-corrected chi connectivity index (χ0v) is 13.0. The molecule has 0 aliphatic carbocycles. The van der Waals surface area contributed by atoms with Crippen LogP contribution in [0.2, 0.25) is 4.34 Å². The first kappa shape index (κ1) is 13.1. The number of aliphatic hydroxyl groups is 1. The molecule has 4 heteroatoms. The van der Waals surface area contributed by atoms with E-state index in [0.29, 0.717) is 4.34 Å². The molecule has 0 radical (unpaired) electrons. The van der Waals surface area contributed by atoms with E-state index in [1.54, 1.807) is 0 Å². The standard InChI is InChI=1S/C15H10BrClOS/c16-12-6-5-11(9-3-1-2-4-10(9)12)15(18)13-7-8-14(17)19-13/h1-8,15,18H. The largest absolute Gasteiger partial charge is 0.383 e. The first-order valence-electron chi connectivity index (χ1n) is 5.77. The first-order chi connectivity index (χ1) is 9.16. The molecule has 0 saturated carbocycles. The maximum atomic E-state index is 10.5. The molecule has 1 atom stereocenters. The summed E-state index contributed by atoms with van der Waals surface area (Å²) in [6.45, 7) is 0. The summed E-state index contributed by atoms with van der Waals surface area (Å²) in [6.07, 6.45) is -0.643. The predicted molar refractivity (Wildman–Crippen MR) is 85.0 cm³/mol. The van der Waals surface area contributed by atoms with Crippen molar-refractivity contribution in [2.75, 3.05) is 0 Å². The molecule has 1 N–H and O–H groups in total. The van der Waals surface area contributed by atoms with Crippen LogP contribution in [-0.4, -0.2) is 5.11 Å². The van der Waals surface area contributed by atoms with Gasteiger partial charge in [-0.15, -0.1) is 11.3 Å². The Morgan fingerprint density at radius 2 is 1.74 bits per heavy atom. The molecule has 0 fully saturated rings. The summed E-state index contributed by atoms with van der Waals surface area (Å²) >= 11 is 10.9. The van der Waals surface area contributed by atoms with Gasteiger partial charge in [0.05, 0.1) is 4.34 Å². The molecule has 1 heterocycles. The molecule has 1 unspecified atom stereocenters. The van der Waals surface area contributed by atoms with Crippen LogP contribution >= 0.6 is 38.9 Å². The van der Waals surface area contributed by atoms with Crippen LogP contribution in [0.1, 0.15) is 16.5 Å². The second kappa shape index (κ2) is 5.25. The van der Waals surface area contributed by atoms with Crippen molar-refractivity contribution in [2.24, 2.45) is 0 Å². The summed E-state index contributed by atoms with van der Waals surface area (Å²) in [4.78, 5) is 0.859. The van der Waals surface area contributed by atoms with E-state index in [1.165, 1.54) is 11.3 Å². The van der Waals surface area contributed by atoms with Crippen molar-refractivity contribution in [3.63, 3.8) is 0 Å². The summed E-state index contributed by atoms with van der Waals surface area (Å²) in [7, 11) is 0. The summed E-state index contributed by atoms with van der Waals surface area (Å²) in [5.41, 5.74) is 0.900. The molecule has 0 aliphatic heterocycles. The number of hydrogen-bond donors (Lipinski definition) is 1. The van der Waals surface area contributed by atoms with Crippen molar-refractivity contribution < 1.29 is 5.11 Å². The maximum Gasteiger partial charge on any atom is 0.114 e. The van der Waals surface area contributed by atoms with Crippen molar-refractivity contribution in [1.29, 1.82) is 0 Å². The second-order valence-corrected chi connectivity index (χ2v) is 6.83. The fraction of sp³-hybridized carbons (Fsp3) is 0.0667. The lowest BCUT2D eigenvalue weighted by Gasteiger charge is -2.13. The lowest BCUT2D eigenvalue weighted by atomic mass is 10.00. The molecule has 2 aromatic carbocycles. The van der Waals surface area contributed by atoms with Gasteiger partial charge in [0.1, 0.15) is 6.10 Å². The smallest absolute Gasteiger partial charge is 0.114 e. The highest BCUT2D eigenvalue weighted by atomic mass is 79.9. The molecule has 0 aliphatic rings. The van der Waals surface area contributed by atoms with Crippen LogP contribution in [0, 0.1) is 0 Å². The molecule has 3 rings (SSSR count). The number of fused-ring (bicyclic) bond motifs is 1. The Hall–Kier alpha value is -0.870. The third kappa shape index (κ3) is 2.43. The van der Waals surface area contributed by atoms with Gasteiger partial charge in [0.25, 0.3) is 0 Å². The van der Waals surface area contributed by atoms with Crippen LogP contribution in [0.3, 0.4) is 0 Å².